The number of rotatable bonds is 12. The molecule has 6 aromatic carbocycles. The molecule has 1 saturated carbocycles. The summed E-state index contributed by atoms with van der Waals surface area (Å²) in [6.07, 6.45) is 20.8. The summed E-state index contributed by atoms with van der Waals surface area (Å²) in [5.74, 6) is 1.93. The highest BCUT2D eigenvalue weighted by atomic mass is 15.3. The summed E-state index contributed by atoms with van der Waals surface area (Å²) in [6, 6.07) is 48.4. The van der Waals surface area contributed by atoms with Crippen LogP contribution >= 0.6 is 0 Å². The monoisotopic (exact) mass is 1030 g/mol. The van der Waals surface area contributed by atoms with E-state index >= 15 is 0 Å². The van der Waals surface area contributed by atoms with Gasteiger partial charge in [-0.25, -0.2) is 9.97 Å². The van der Waals surface area contributed by atoms with E-state index < -0.39 is 0 Å². The first-order valence-corrected chi connectivity index (χ1v) is 29.5. The number of nitrogens with one attached hydrogen (secondary N) is 1. The number of pyridine rings is 2. The van der Waals surface area contributed by atoms with Crippen molar-refractivity contribution in [1.82, 2.24) is 24.1 Å². The number of allylic oxidation sites excluding steroid dienone is 1. The van der Waals surface area contributed by atoms with Gasteiger partial charge in [-0.05, 0) is 180 Å². The molecule has 0 amide bonds. The van der Waals surface area contributed by atoms with Crippen molar-refractivity contribution in [2.45, 2.75) is 146 Å². The van der Waals surface area contributed by atoms with Gasteiger partial charge in [0.15, 0.2) is 0 Å². The lowest BCUT2D eigenvalue weighted by molar-refractivity contribution is 0.171. The molecule has 6 nitrogen and oxygen atoms in total. The molecule has 3 unspecified atom stereocenters. The van der Waals surface area contributed by atoms with E-state index in [2.05, 4.69) is 227 Å². The van der Waals surface area contributed by atoms with Crippen LogP contribution < -0.4 is 10.2 Å². The number of aryl methyl sites for hydroxylation is 2. The minimum Gasteiger partial charge on any atom is -0.363 e. The van der Waals surface area contributed by atoms with E-state index in [0.29, 0.717) is 17.8 Å². The van der Waals surface area contributed by atoms with Crippen LogP contribution in [0.2, 0.25) is 0 Å². The minimum atomic E-state index is 0.124. The van der Waals surface area contributed by atoms with Gasteiger partial charge in [0, 0.05) is 57.0 Å². The molecule has 3 atom stereocenters. The van der Waals surface area contributed by atoms with Gasteiger partial charge in [-0.1, -0.05) is 153 Å². The third-order valence-electron chi connectivity index (χ3n) is 17.5. The molecule has 0 spiro atoms. The Bertz CT molecular complexity index is 3770. The second kappa shape index (κ2) is 19.5. The molecule has 13 rings (SSSR count). The SMILES string of the molecule is CC(C)(C)Cc1ccc2c(c1)-c1ccccc1C1NC(CCC3CC(CCc4cn5c6ccc(CC(C)(C)C)cc6c6ccccc6c5n4)CC(CCc4cn5c6ccc(CC(C)(C)C)cc6c6ccccc6c5n4)C3)=CN21. The summed E-state index contributed by atoms with van der Waals surface area (Å²) in [4.78, 5) is 13.5. The minimum absolute atomic E-state index is 0.124. The van der Waals surface area contributed by atoms with Gasteiger partial charge >= 0.3 is 0 Å². The molecule has 78 heavy (non-hydrogen) atoms. The van der Waals surface area contributed by atoms with Gasteiger partial charge in [-0.15, -0.1) is 0 Å². The number of hydrogen-bond donors (Lipinski definition) is 1. The van der Waals surface area contributed by atoms with E-state index in [1.54, 1.807) is 0 Å². The van der Waals surface area contributed by atoms with Crippen LogP contribution in [0.4, 0.5) is 5.69 Å². The van der Waals surface area contributed by atoms with Crippen molar-refractivity contribution < 1.29 is 0 Å². The fraction of sp³-hybridized carbons (Fsp3) is 0.389. The molecule has 6 heterocycles. The molecule has 4 aromatic heterocycles. The Morgan fingerprint density at radius 3 is 1.42 bits per heavy atom. The van der Waals surface area contributed by atoms with Gasteiger partial charge in [-0.2, -0.15) is 0 Å². The molecular weight excluding hydrogens is 949 g/mol. The maximum atomic E-state index is 5.46. The molecule has 0 saturated heterocycles. The molecule has 3 aliphatic rings. The Morgan fingerprint density at radius 1 is 0.462 bits per heavy atom. The van der Waals surface area contributed by atoms with Crippen LogP contribution in [0, 0.1) is 34.0 Å². The first-order chi connectivity index (χ1) is 37.4. The van der Waals surface area contributed by atoms with Crippen LogP contribution in [0.5, 0.6) is 0 Å². The standard InChI is InChI=1S/C72H80N6/c1-70(2,3)40-49-25-31-64-61(37-49)55-16-10-13-19-58(55)67-73-52(43-76(64)67)28-22-46-34-47(23-29-53-44-77-65-32-26-50(41-71(4,5)6)38-62(65)56-17-11-14-20-59(56)68(77)74-53)36-48(35-46)24-30-54-45-78-66-33-27-51(42-72(7,8)9)39-63(66)57-18-12-15-21-60(57)69(78)75-54/h10-21,25-27,31-33,37-39,43-48,67,73H,22-24,28-30,34-36,40-42H2,1-9H3. The second-order valence-corrected chi connectivity index (χ2v) is 27.8. The molecule has 6 heteroatoms. The van der Waals surface area contributed by atoms with Crippen LogP contribution in [0.1, 0.15) is 147 Å². The summed E-state index contributed by atoms with van der Waals surface area (Å²) in [6.45, 7) is 21.0. The van der Waals surface area contributed by atoms with E-state index in [-0.39, 0.29) is 22.4 Å². The zero-order chi connectivity index (χ0) is 53.7. The van der Waals surface area contributed by atoms with Crippen LogP contribution in [-0.2, 0) is 32.1 Å². The van der Waals surface area contributed by atoms with Crippen LogP contribution in [0.3, 0.4) is 0 Å². The van der Waals surface area contributed by atoms with Crippen molar-refractivity contribution in [2.75, 3.05) is 4.90 Å². The van der Waals surface area contributed by atoms with Gasteiger partial charge in [-0.3, -0.25) is 8.80 Å². The van der Waals surface area contributed by atoms with Gasteiger partial charge < -0.3 is 10.2 Å². The highest BCUT2D eigenvalue weighted by Crippen LogP contribution is 2.48. The highest BCUT2D eigenvalue weighted by molar-refractivity contribution is 6.13. The topological polar surface area (TPSA) is 49.9 Å². The number of nitrogens with zero attached hydrogens (tertiary/aromatic N) is 5. The number of anilines is 1. The van der Waals surface area contributed by atoms with Gasteiger partial charge in [0.05, 0.1) is 28.1 Å². The number of fused-ring (bicyclic) bond motifs is 18. The van der Waals surface area contributed by atoms with Gasteiger partial charge in [0.2, 0.25) is 0 Å². The van der Waals surface area contributed by atoms with Gasteiger partial charge in [0.1, 0.15) is 17.5 Å². The maximum Gasteiger partial charge on any atom is 0.145 e. The highest BCUT2D eigenvalue weighted by Gasteiger charge is 2.36. The number of imidazole rings is 2. The second-order valence-electron chi connectivity index (χ2n) is 27.8. The predicted molar refractivity (Wildman–Crippen MR) is 328 cm³/mol. The number of hydrogen-bond acceptors (Lipinski definition) is 4. The van der Waals surface area contributed by atoms with E-state index in [1.165, 1.54) is 125 Å². The van der Waals surface area contributed by atoms with Crippen molar-refractivity contribution in [1.29, 1.82) is 0 Å². The fourth-order valence-corrected chi connectivity index (χ4v) is 14.4. The Labute approximate surface area is 463 Å². The smallest absolute Gasteiger partial charge is 0.145 e. The Kier molecular flexibility index (Phi) is 12.6. The van der Waals surface area contributed by atoms with Crippen molar-refractivity contribution >= 4 is 60.3 Å². The van der Waals surface area contributed by atoms with Crippen LogP contribution in [0.25, 0.3) is 65.8 Å². The normalized spacial score (nSPS) is 18.8. The molecule has 1 aliphatic carbocycles. The Morgan fingerprint density at radius 2 is 0.910 bits per heavy atom. The molecule has 1 fully saturated rings. The summed E-state index contributed by atoms with van der Waals surface area (Å²) in [5.41, 5.74) is 18.7. The molecule has 1 N–H and O–H groups in total. The van der Waals surface area contributed by atoms with Crippen molar-refractivity contribution in [3.05, 3.63) is 185 Å². The molecule has 10 aromatic rings. The van der Waals surface area contributed by atoms with Crippen molar-refractivity contribution in [3.63, 3.8) is 0 Å². The maximum absolute atomic E-state index is 5.46. The first kappa shape index (κ1) is 50.6. The zero-order valence-electron chi connectivity index (χ0n) is 47.9. The quantitative estimate of drug-likeness (QED) is 0.124. The van der Waals surface area contributed by atoms with Crippen LogP contribution in [0.15, 0.2) is 152 Å². The van der Waals surface area contributed by atoms with Crippen molar-refractivity contribution in [3.8, 4) is 11.1 Å². The Hall–Kier alpha value is -6.92. The van der Waals surface area contributed by atoms with E-state index in [4.69, 9.17) is 9.97 Å². The lowest BCUT2D eigenvalue weighted by atomic mass is 9.70. The Balaban J connectivity index is 0.778. The number of benzene rings is 6. The molecule has 0 radical (unpaired) electrons. The van der Waals surface area contributed by atoms with E-state index in [0.717, 1.165) is 62.7 Å². The largest absolute Gasteiger partial charge is 0.363 e. The average molecular weight is 1030 g/mol. The zero-order valence-corrected chi connectivity index (χ0v) is 47.9. The van der Waals surface area contributed by atoms with Gasteiger partial charge in [0.25, 0.3) is 0 Å². The summed E-state index contributed by atoms with van der Waals surface area (Å²) < 4.78 is 4.79. The molecular formula is C72H80N6. The summed E-state index contributed by atoms with van der Waals surface area (Å²) >= 11 is 0. The predicted octanol–water partition coefficient (Wildman–Crippen LogP) is 18.4. The summed E-state index contributed by atoms with van der Waals surface area (Å²) in [7, 11) is 0. The lowest BCUT2D eigenvalue weighted by Crippen LogP contribution is -2.31. The third kappa shape index (κ3) is 9.98. The molecule has 398 valence electrons. The summed E-state index contributed by atoms with van der Waals surface area (Å²) in [5, 5.41) is 11.8. The molecule has 0 bridgehead atoms. The average Bonchev–Trinajstić information content (AvgIpc) is 4.33. The lowest BCUT2D eigenvalue weighted by Gasteiger charge is -2.35. The van der Waals surface area contributed by atoms with Crippen molar-refractivity contribution in [2.24, 2.45) is 34.0 Å². The van der Waals surface area contributed by atoms with E-state index in [9.17, 15) is 0 Å². The van der Waals surface area contributed by atoms with Crippen LogP contribution in [-0.4, -0.2) is 18.8 Å². The number of aromatic nitrogens is 4. The third-order valence-corrected chi connectivity index (χ3v) is 17.5. The molecule has 2 aliphatic heterocycles. The van der Waals surface area contributed by atoms with E-state index in [1.807, 2.05) is 0 Å². The fourth-order valence-electron chi connectivity index (χ4n) is 14.4. The first-order valence-electron chi connectivity index (χ1n) is 29.5.